The normalized spacial score (nSPS) is 21.2. The molecule has 1 fully saturated rings. The molecule has 3 atom stereocenters. The minimum Gasteiger partial charge on any atom is -0.492 e. The maximum Gasteiger partial charge on any atom is 0.122 e. The molecule has 0 aliphatic carbocycles. The summed E-state index contributed by atoms with van der Waals surface area (Å²) in [5.74, 6) is 1.57. The quantitative estimate of drug-likeness (QED) is 0.740. The monoisotopic (exact) mass is 291 g/mol. The van der Waals surface area contributed by atoms with Crippen LogP contribution in [0.3, 0.4) is 0 Å². The van der Waals surface area contributed by atoms with Crippen LogP contribution < -0.4 is 10.1 Å². The number of para-hydroxylation sites is 1. The molecule has 0 aromatic heterocycles. The van der Waals surface area contributed by atoms with E-state index in [4.69, 9.17) is 9.47 Å². The van der Waals surface area contributed by atoms with E-state index in [-0.39, 0.29) is 0 Å². The van der Waals surface area contributed by atoms with Crippen molar-refractivity contribution < 1.29 is 9.47 Å². The maximum absolute atomic E-state index is 5.97. The molecule has 3 heteroatoms. The smallest absolute Gasteiger partial charge is 0.122 e. The lowest BCUT2D eigenvalue weighted by Crippen LogP contribution is -2.39. The highest BCUT2D eigenvalue weighted by Crippen LogP contribution is 2.28. The van der Waals surface area contributed by atoms with Crippen LogP contribution in [0, 0.1) is 0 Å². The van der Waals surface area contributed by atoms with Crippen molar-refractivity contribution in [1.82, 2.24) is 5.32 Å². The molecule has 1 heterocycles. The van der Waals surface area contributed by atoms with Crippen LogP contribution in [0.2, 0.25) is 0 Å². The van der Waals surface area contributed by atoms with Crippen LogP contribution in [0.25, 0.3) is 0 Å². The van der Waals surface area contributed by atoms with Crippen molar-refractivity contribution in [1.29, 1.82) is 0 Å². The second-order valence-corrected chi connectivity index (χ2v) is 5.99. The number of hydrogen-bond donors (Lipinski definition) is 1. The molecule has 0 amide bonds. The highest BCUT2D eigenvalue weighted by Gasteiger charge is 2.21. The van der Waals surface area contributed by atoms with Crippen LogP contribution in [-0.2, 0) is 4.74 Å². The first kappa shape index (κ1) is 16.3. The Morgan fingerprint density at radius 2 is 2.14 bits per heavy atom. The van der Waals surface area contributed by atoms with Crippen molar-refractivity contribution in [3.63, 3.8) is 0 Å². The van der Waals surface area contributed by atoms with Crippen LogP contribution in [0.15, 0.2) is 24.3 Å². The Labute approximate surface area is 129 Å². The first-order chi connectivity index (χ1) is 10.2. The molecule has 0 saturated carbocycles. The first-order valence-corrected chi connectivity index (χ1v) is 8.29. The highest BCUT2D eigenvalue weighted by atomic mass is 16.5. The lowest BCUT2D eigenvalue weighted by atomic mass is 9.98. The first-order valence-electron chi connectivity index (χ1n) is 8.29. The van der Waals surface area contributed by atoms with E-state index in [0.29, 0.717) is 24.7 Å². The summed E-state index contributed by atoms with van der Waals surface area (Å²) >= 11 is 0. The lowest BCUT2D eigenvalue weighted by Gasteiger charge is -2.21. The fourth-order valence-electron chi connectivity index (χ4n) is 2.81. The molecule has 2 rings (SSSR count). The van der Waals surface area contributed by atoms with Gasteiger partial charge in [-0.25, -0.2) is 0 Å². The third-order valence-corrected chi connectivity index (χ3v) is 4.41. The van der Waals surface area contributed by atoms with Gasteiger partial charge in [0.25, 0.3) is 0 Å². The van der Waals surface area contributed by atoms with E-state index in [2.05, 4.69) is 44.3 Å². The predicted molar refractivity (Wildman–Crippen MR) is 87.1 cm³/mol. The summed E-state index contributed by atoms with van der Waals surface area (Å²) in [6, 6.07) is 8.79. The molecule has 1 N–H and O–H groups in total. The van der Waals surface area contributed by atoms with Crippen LogP contribution in [0.1, 0.15) is 51.5 Å². The predicted octanol–water partition coefficient (Wildman–Crippen LogP) is 3.74. The number of ether oxygens (including phenoxy) is 2. The Balaban J connectivity index is 1.75. The zero-order valence-electron chi connectivity index (χ0n) is 13.6. The topological polar surface area (TPSA) is 30.5 Å². The second kappa shape index (κ2) is 8.40. The van der Waals surface area contributed by atoms with Gasteiger partial charge < -0.3 is 14.8 Å². The molecule has 1 aromatic rings. The van der Waals surface area contributed by atoms with Gasteiger partial charge in [-0.1, -0.05) is 32.0 Å². The van der Waals surface area contributed by atoms with Crippen molar-refractivity contribution in [3.05, 3.63) is 29.8 Å². The molecule has 1 saturated heterocycles. The van der Waals surface area contributed by atoms with Crippen LogP contribution in [0.5, 0.6) is 5.75 Å². The van der Waals surface area contributed by atoms with Gasteiger partial charge in [0.05, 0.1) is 6.10 Å². The summed E-state index contributed by atoms with van der Waals surface area (Å²) in [6.07, 6.45) is 3.87. The maximum atomic E-state index is 5.97. The molecule has 0 bridgehead atoms. The molecule has 21 heavy (non-hydrogen) atoms. The summed E-state index contributed by atoms with van der Waals surface area (Å²) in [4.78, 5) is 0. The second-order valence-electron chi connectivity index (χ2n) is 5.99. The van der Waals surface area contributed by atoms with Gasteiger partial charge in [-0.3, -0.25) is 0 Å². The Hall–Kier alpha value is -1.06. The summed E-state index contributed by atoms with van der Waals surface area (Å²) in [5.41, 5.74) is 1.31. The number of rotatable bonds is 8. The van der Waals surface area contributed by atoms with Gasteiger partial charge in [0, 0.05) is 19.2 Å². The Kier molecular flexibility index (Phi) is 6.52. The molecule has 0 radical (unpaired) electrons. The van der Waals surface area contributed by atoms with Gasteiger partial charge in [0.15, 0.2) is 0 Å². The fraction of sp³-hybridized carbons (Fsp3) is 0.667. The molecule has 118 valence electrons. The summed E-state index contributed by atoms with van der Waals surface area (Å²) in [6.45, 7) is 9.13. The Morgan fingerprint density at radius 1 is 1.33 bits per heavy atom. The van der Waals surface area contributed by atoms with Gasteiger partial charge in [0.1, 0.15) is 12.4 Å². The van der Waals surface area contributed by atoms with E-state index in [1.807, 2.05) is 6.07 Å². The van der Waals surface area contributed by atoms with Crippen LogP contribution in [-0.4, -0.2) is 31.9 Å². The van der Waals surface area contributed by atoms with Gasteiger partial charge in [-0.15, -0.1) is 0 Å². The SMILES string of the molecule is CCC(C)c1ccccc1OCCNC(C)C1CCCO1. The van der Waals surface area contributed by atoms with Crippen molar-refractivity contribution >= 4 is 0 Å². The standard InChI is InChI=1S/C18H29NO2/c1-4-14(2)16-8-5-6-9-18(16)21-13-11-19-15(3)17-10-7-12-20-17/h5-6,8-9,14-15,17,19H,4,7,10-13H2,1-3H3. The third kappa shape index (κ3) is 4.72. The van der Waals surface area contributed by atoms with E-state index in [0.717, 1.165) is 25.3 Å². The Morgan fingerprint density at radius 3 is 2.86 bits per heavy atom. The van der Waals surface area contributed by atoms with Crippen molar-refractivity contribution in [2.75, 3.05) is 19.8 Å². The van der Waals surface area contributed by atoms with Crippen molar-refractivity contribution in [2.24, 2.45) is 0 Å². The van der Waals surface area contributed by atoms with Crippen LogP contribution >= 0.6 is 0 Å². The van der Waals surface area contributed by atoms with E-state index >= 15 is 0 Å². The molecule has 3 unspecified atom stereocenters. The molecule has 3 nitrogen and oxygen atoms in total. The average molecular weight is 291 g/mol. The molecule has 1 aromatic carbocycles. The fourth-order valence-corrected chi connectivity index (χ4v) is 2.81. The number of nitrogens with one attached hydrogen (secondary N) is 1. The minimum absolute atomic E-state index is 0.373. The largest absolute Gasteiger partial charge is 0.492 e. The molecule has 1 aliphatic rings. The molecule has 0 spiro atoms. The van der Waals surface area contributed by atoms with Crippen LogP contribution in [0.4, 0.5) is 0 Å². The molecule has 1 aliphatic heterocycles. The zero-order valence-corrected chi connectivity index (χ0v) is 13.6. The summed E-state index contributed by atoms with van der Waals surface area (Å²) < 4.78 is 11.7. The van der Waals surface area contributed by atoms with Gasteiger partial charge in [0.2, 0.25) is 0 Å². The molecular weight excluding hydrogens is 262 g/mol. The summed E-state index contributed by atoms with van der Waals surface area (Å²) in [5, 5.41) is 3.51. The third-order valence-electron chi connectivity index (χ3n) is 4.41. The van der Waals surface area contributed by atoms with E-state index in [1.54, 1.807) is 0 Å². The van der Waals surface area contributed by atoms with E-state index < -0.39 is 0 Å². The average Bonchev–Trinajstić information content (AvgIpc) is 3.05. The molecular formula is C18H29NO2. The number of hydrogen-bond acceptors (Lipinski definition) is 3. The van der Waals surface area contributed by atoms with Crippen molar-refractivity contribution in [3.8, 4) is 5.75 Å². The summed E-state index contributed by atoms with van der Waals surface area (Å²) in [7, 11) is 0. The van der Waals surface area contributed by atoms with E-state index in [1.165, 1.54) is 18.4 Å². The van der Waals surface area contributed by atoms with Crippen molar-refractivity contribution in [2.45, 2.75) is 58.1 Å². The minimum atomic E-state index is 0.373. The van der Waals surface area contributed by atoms with E-state index in [9.17, 15) is 0 Å². The lowest BCUT2D eigenvalue weighted by molar-refractivity contribution is 0.0824. The van der Waals surface area contributed by atoms with Gasteiger partial charge in [-0.2, -0.15) is 0 Å². The Bertz CT molecular complexity index is 415. The number of benzene rings is 1. The highest BCUT2D eigenvalue weighted by molar-refractivity contribution is 5.35. The van der Waals surface area contributed by atoms with Gasteiger partial charge >= 0.3 is 0 Å². The van der Waals surface area contributed by atoms with Gasteiger partial charge in [-0.05, 0) is 43.7 Å². The zero-order chi connectivity index (χ0) is 15.1.